The van der Waals surface area contributed by atoms with Gasteiger partial charge in [-0.2, -0.15) is 11.8 Å². The fourth-order valence-electron chi connectivity index (χ4n) is 1.35. The monoisotopic (exact) mass is 290 g/mol. The third-order valence-electron chi connectivity index (χ3n) is 2.42. The minimum atomic E-state index is -0.506. The van der Waals surface area contributed by atoms with Gasteiger partial charge < -0.3 is 11.1 Å². The largest absolute Gasteiger partial charge is 0.351 e. The van der Waals surface area contributed by atoms with E-state index in [-0.39, 0.29) is 10.9 Å². The number of halogens is 2. The number of carbonyl (C=O) groups is 1. The Morgan fingerprint density at radius 2 is 2.33 bits per heavy atom. The molecular weight excluding hydrogens is 275 g/mol. The van der Waals surface area contributed by atoms with Crippen LogP contribution in [0.15, 0.2) is 18.2 Å². The van der Waals surface area contributed by atoms with Gasteiger partial charge in [0.2, 0.25) is 5.91 Å². The van der Waals surface area contributed by atoms with E-state index in [1.807, 2.05) is 6.26 Å². The average molecular weight is 291 g/mol. The van der Waals surface area contributed by atoms with Crippen molar-refractivity contribution in [1.82, 2.24) is 5.32 Å². The van der Waals surface area contributed by atoms with Gasteiger partial charge in [-0.1, -0.05) is 17.7 Å². The van der Waals surface area contributed by atoms with Gasteiger partial charge in [0.1, 0.15) is 5.82 Å². The molecule has 18 heavy (non-hydrogen) atoms. The summed E-state index contributed by atoms with van der Waals surface area (Å²) >= 11 is 7.29. The first kappa shape index (κ1) is 15.3. The van der Waals surface area contributed by atoms with Crippen LogP contribution in [0.25, 0.3) is 0 Å². The SMILES string of the molecule is CSCC[C@@H](N)C(=O)NCc1ccc(F)c(Cl)c1. The maximum Gasteiger partial charge on any atom is 0.237 e. The number of thioether (sulfide) groups is 1. The van der Waals surface area contributed by atoms with Gasteiger partial charge in [0.15, 0.2) is 0 Å². The molecule has 0 aliphatic rings. The Balaban J connectivity index is 2.44. The Labute approximate surface area is 115 Å². The van der Waals surface area contributed by atoms with Crippen molar-refractivity contribution >= 4 is 29.3 Å². The standard InChI is InChI=1S/C12H16ClFN2OS/c1-18-5-4-11(15)12(17)16-7-8-2-3-10(14)9(13)6-8/h2-3,6,11H,4-5,7,15H2,1H3,(H,16,17)/t11-/m1/s1. The third kappa shape index (κ3) is 4.84. The summed E-state index contributed by atoms with van der Waals surface area (Å²) in [5.41, 5.74) is 6.45. The number of carbonyl (C=O) groups excluding carboxylic acids is 1. The summed E-state index contributed by atoms with van der Waals surface area (Å²) in [6.07, 6.45) is 2.60. The molecule has 0 bridgehead atoms. The van der Waals surface area contributed by atoms with E-state index >= 15 is 0 Å². The van der Waals surface area contributed by atoms with Crippen molar-refractivity contribution in [2.45, 2.75) is 19.0 Å². The lowest BCUT2D eigenvalue weighted by atomic mass is 10.2. The highest BCUT2D eigenvalue weighted by Crippen LogP contribution is 2.15. The summed E-state index contributed by atoms with van der Waals surface area (Å²) in [5, 5.41) is 2.75. The van der Waals surface area contributed by atoms with E-state index in [1.165, 1.54) is 12.1 Å². The normalized spacial score (nSPS) is 12.2. The molecule has 0 aromatic heterocycles. The Kier molecular flexibility index (Phi) is 6.46. The molecule has 0 spiro atoms. The maximum atomic E-state index is 12.9. The van der Waals surface area contributed by atoms with E-state index in [1.54, 1.807) is 17.8 Å². The van der Waals surface area contributed by atoms with Crippen molar-refractivity contribution in [2.75, 3.05) is 12.0 Å². The zero-order chi connectivity index (χ0) is 13.5. The Hall–Kier alpha value is -0.780. The van der Waals surface area contributed by atoms with E-state index in [0.717, 1.165) is 11.3 Å². The molecule has 0 radical (unpaired) electrons. The predicted molar refractivity (Wildman–Crippen MR) is 74.2 cm³/mol. The van der Waals surface area contributed by atoms with E-state index in [9.17, 15) is 9.18 Å². The van der Waals surface area contributed by atoms with Crippen LogP contribution in [-0.4, -0.2) is 24.0 Å². The lowest BCUT2D eigenvalue weighted by Gasteiger charge is -2.11. The van der Waals surface area contributed by atoms with Gasteiger partial charge in [0.25, 0.3) is 0 Å². The molecule has 0 fully saturated rings. The van der Waals surface area contributed by atoms with E-state index in [4.69, 9.17) is 17.3 Å². The van der Waals surface area contributed by atoms with Crippen LogP contribution in [0.3, 0.4) is 0 Å². The number of nitrogens with two attached hydrogens (primary N) is 1. The van der Waals surface area contributed by atoms with Crippen molar-refractivity contribution in [3.63, 3.8) is 0 Å². The molecule has 1 atom stereocenters. The number of nitrogens with one attached hydrogen (secondary N) is 1. The smallest absolute Gasteiger partial charge is 0.237 e. The molecule has 1 amide bonds. The van der Waals surface area contributed by atoms with Gasteiger partial charge in [0.05, 0.1) is 11.1 Å². The van der Waals surface area contributed by atoms with Gasteiger partial charge in [-0.3, -0.25) is 4.79 Å². The molecule has 0 unspecified atom stereocenters. The zero-order valence-electron chi connectivity index (χ0n) is 10.1. The number of amides is 1. The first-order chi connectivity index (χ1) is 8.54. The molecule has 0 saturated carbocycles. The predicted octanol–water partition coefficient (Wildman–Crippen LogP) is 2.18. The second-order valence-electron chi connectivity index (χ2n) is 3.85. The fraction of sp³-hybridized carbons (Fsp3) is 0.417. The molecule has 0 aliphatic heterocycles. The summed E-state index contributed by atoms with van der Waals surface area (Å²) in [6.45, 7) is 0.297. The highest BCUT2D eigenvalue weighted by molar-refractivity contribution is 7.98. The maximum absolute atomic E-state index is 12.9. The Morgan fingerprint density at radius 3 is 2.94 bits per heavy atom. The van der Waals surface area contributed by atoms with Crippen molar-refractivity contribution in [2.24, 2.45) is 5.73 Å². The van der Waals surface area contributed by atoms with Gasteiger partial charge in [-0.15, -0.1) is 0 Å². The van der Waals surface area contributed by atoms with Crippen molar-refractivity contribution in [3.8, 4) is 0 Å². The van der Waals surface area contributed by atoms with E-state index in [2.05, 4.69) is 5.32 Å². The summed E-state index contributed by atoms with van der Waals surface area (Å²) in [7, 11) is 0. The quantitative estimate of drug-likeness (QED) is 0.844. The summed E-state index contributed by atoms with van der Waals surface area (Å²) in [5.74, 6) is 0.171. The van der Waals surface area contributed by atoms with Crippen LogP contribution in [0.2, 0.25) is 5.02 Å². The lowest BCUT2D eigenvalue weighted by molar-refractivity contribution is -0.122. The molecule has 6 heteroatoms. The van der Waals surface area contributed by atoms with Crippen LogP contribution in [0, 0.1) is 5.82 Å². The zero-order valence-corrected chi connectivity index (χ0v) is 11.7. The number of rotatable bonds is 6. The molecule has 1 aromatic rings. The highest BCUT2D eigenvalue weighted by Gasteiger charge is 2.12. The number of hydrogen-bond acceptors (Lipinski definition) is 3. The van der Waals surface area contributed by atoms with E-state index < -0.39 is 11.9 Å². The average Bonchev–Trinajstić information content (AvgIpc) is 2.36. The van der Waals surface area contributed by atoms with Crippen LogP contribution in [-0.2, 0) is 11.3 Å². The van der Waals surface area contributed by atoms with Crippen LogP contribution < -0.4 is 11.1 Å². The molecule has 100 valence electrons. The molecule has 1 aromatic carbocycles. The Bertz CT molecular complexity index is 417. The molecule has 1 rings (SSSR count). The van der Waals surface area contributed by atoms with Gasteiger partial charge in [-0.05, 0) is 36.1 Å². The Morgan fingerprint density at radius 1 is 1.61 bits per heavy atom. The van der Waals surface area contributed by atoms with Crippen LogP contribution >= 0.6 is 23.4 Å². The summed E-state index contributed by atoms with van der Waals surface area (Å²) < 4.78 is 12.9. The van der Waals surface area contributed by atoms with Gasteiger partial charge >= 0.3 is 0 Å². The summed E-state index contributed by atoms with van der Waals surface area (Å²) in [4.78, 5) is 11.6. The highest BCUT2D eigenvalue weighted by atomic mass is 35.5. The van der Waals surface area contributed by atoms with Crippen molar-refractivity contribution in [3.05, 3.63) is 34.6 Å². The topological polar surface area (TPSA) is 55.1 Å². The molecule has 3 N–H and O–H groups in total. The van der Waals surface area contributed by atoms with Crippen LogP contribution in [0.1, 0.15) is 12.0 Å². The van der Waals surface area contributed by atoms with Crippen molar-refractivity contribution < 1.29 is 9.18 Å². The molecule has 3 nitrogen and oxygen atoms in total. The van der Waals surface area contributed by atoms with Gasteiger partial charge in [0, 0.05) is 6.54 Å². The third-order valence-corrected chi connectivity index (χ3v) is 3.35. The first-order valence-electron chi connectivity index (χ1n) is 5.50. The molecule has 0 aliphatic carbocycles. The van der Waals surface area contributed by atoms with Crippen LogP contribution in [0.5, 0.6) is 0 Å². The minimum Gasteiger partial charge on any atom is -0.351 e. The number of benzene rings is 1. The number of hydrogen-bond donors (Lipinski definition) is 2. The van der Waals surface area contributed by atoms with E-state index in [0.29, 0.717) is 13.0 Å². The van der Waals surface area contributed by atoms with Gasteiger partial charge in [-0.25, -0.2) is 4.39 Å². The molecule has 0 saturated heterocycles. The first-order valence-corrected chi connectivity index (χ1v) is 7.28. The van der Waals surface area contributed by atoms with Crippen LogP contribution in [0.4, 0.5) is 4.39 Å². The second-order valence-corrected chi connectivity index (χ2v) is 5.25. The minimum absolute atomic E-state index is 0.0495. The fourth-order valence-corrected chi connectivity index (χ4v) is 2.04. The summed E-state index contributed by atoms with van der Waals surface area (Å²) in [6, 6.07) is 3.84. The second kappa shape index (κ2) is 7.61. The van der Waals surface area contributed by atoms with Crippen molar-refractivity contribution in [1.29, 1.82) is 0 Å². The molecule has 0 heterocycles. The lowest BCUT2D eigenvalue weighted by Crippen LogP contribution is -2.40. The molecular formula is C12H16ClFN2OS.